The summed E-state index contributed by atoms with van der Waals surface area (Å²) in [5.74, 6) is 1.47. The SMILES string of the molecule is Cc1ccc(CCc2cc(-c3ccnn3-c3ccc4c(c3)OCCO4)c(O)cc2O)cc1. The number of aryl methyl sites for hydroxylation is 3. The number of rotatable bonds is 5. The van der Waals surface area contributed by atoms with Crippen molar-refractivity contribution in [1.29, 1.82) is 0 Å². The molecule has 0 radical (unpaired) electrons. The van der Waals surface area contributed by atoms with Gasteiger partial charge in [-0.05, 0) is 55.2 Å². The van der Waals surface area contributed by atoms with Crippen molar-refractivity contribution in [1.82, 2.24) is 9.78 Å². The molecule has 6 nitrogen and oxygen atoms in total. The van der Waals surface area contributed by atoms with Crippen LogP contribution in [0.1, 0.15) is 16.7 Å². The van der Waals surface area contributed by atoms with Gasteiger partial charge >= 0.3 is 0 Å². The quantitative estimate of drug-likeness (QED) is 0.477. The van der Waals surface area contributed by atoms with Crippen LogP contribution in [0.3, 0.4) is 0 Å². The molecule has 1 aromatic heterocycles. The average Bonchev–Trinajstić information content (AvgIpc) is 3.29. The number of ether oxygens (including phenoxy) is 2. The van der Waals surface area contributed by atoms with E-state index < -0.39 is 0 Å². The van der Waals surface area contributed by atoms with Crippen LogP contribution < -0.4 is 9.47 Å². The van der Waals surface area contributed by atoms with E-state index in [2.05, 4.69) is 36.3 Å². The number of phenols is 2. The third-order valence-corrected chi connectivity index (χ3v) is 5.69. The lowest BCUT2D eigenvalue weighted by molar-refractivity contribution is 0.171. The molecule has 0 saturated heterocycles. The maximum atomic E-state index is 10.6. The molecule has 0 amide bonds. The van der Waals surface area contributed by atoms with E-state index in [0.29, 0.717) is 36.7 Å². The van der Waals surface area contributed by atoms with Crippen molar-refractivity contribution in [2.45, 2.75) is 19.8 Å². The fraction of sp³-hybridized carbons (Fsp3) is 0.192. The highest BCUT2D eigenvalue weighted by atomic mass is 16.6. The van der Waals surface area contributed by atoms with Gasteiger partial charge in [0.2, 0.25) is 0 Å². The number of fused-ring (bicyclic) bond motifs is 1. The van der Waals surface area contributed by atoms with Crippen LogP contribution in [0.2, 0.25) is 0 Å². The molecular weight excluding hydrogens is 404 g/mol. The van der Waals surface area contributed by atoms with E-state index >= 15 is 0 Å². The molecule has 0 unspecified atom stereocenters. The molecule has 3 aromatic carbocycles. The standard InChI is InChI=1S/C26H24N2O4/c1-17-2-4-18(5-3-17)6-7-19-14-21(24(30)16-23(19)29)22-10-11-27-28(22)20-8-9-25-26(15-20)32-13-12-31-25/h2-5,8-11,14-16,29-30H,6-7,12-13H2,1H3. The summed E-state index contributed by atoms with van der Waals surface area (Å²) < 4.78 is 13.0. The van der Waals surface area contributed by atoms with E-state index in [1.54, 1.807) is 10.9 Å². The molecule has 32 heavy (non-hydrogen) atoms. The third kappa shape index (κ3) is 3.87. The second kappa shape index (κ2) is 8.30. The molecule has 2 heterocycles. The molecule has 1 aliphatic heterocycles. The highest BCUT2D eigenvalue weighted by molar-refractivity contribution is 5.71. The van der Waals surface area contributed by atoms with Crippen molar-refractivity contribution in [2.75, 3.05) is 13.2 Å². The maximum Gasteiger partial charge on any atom is 0.163 e. The molecule has 0 atom stereocenters. The molecule has 0 bridgehead atoms. The van der Waals surface area contributed by atoms with Gasteiger partial charge in [-0.15, -0.1) is 0 Å². The average molecular weight is 428 g/mol. The first-order valence-electron chi connectivity index (χ1n) is 10.6. The van der Waals surface area contributed by atoms with E-state index in [1.807, 2.05) is 30.3 Å². The Morgan fingerprint density at radius 1 is 0.844 bits per heavy atom. The molecule has 4 aromatic rings. The van der Waals surface area contributed by atoms with Crippen molar-refractivity contribution in [3.63, 3.8) is 0 Å². The highest BCUT2D eigenvalue weighted by Crippen LogP contribution is 2.38. The molecule has 6 heteroatoms. The molecule has 0 fully saturated rings. The van der Waals surface area contributed by atoms with Crippen LogP contribution in [0.4, 0.5) is 0 Å². The first-order valence-corrected chi connectivity index (χ1v) is 10.6. The number of hydrogen-bond acceptors (Lipinski definition) is 5. The zero-order chi connectivity index (χ0) is 22.1. The number of aromatic nitrogens is 2. The lowest BCUT2D eigenvalue weighted by Gasteiger charge is -2.19. The Hall–Kier alpha value is -3.93. The molecule has 2 N–H and O–H groups in total. The minimum atomic E-state index is 0.000814. The summed E-state index contributed by atoms with van der Waals surface area (Å²) in [5.41, 5.74) is 5.31. The van der Waals surface area contributed by atoms with E-state index in [1.165, 1.54) is 17.2 Å². The summed E-state index contributed by atoms with van der Waals surface area (Å²) in [6.45, 7) is 3.10. The van der Waals surface area contributed by atoms with Crippen LogP contribution in [-0.2, 0) is 12.8 Å². The number of benzene rings is 3. The summed E-state index contributed by atoms with van der Waals surface area (Å²) in [6, 6.07) is 19.1. The molecule has 0 spiro atoms. The van der Waals surface area contributed by atoms with Crippen molar-refractivity contribution < 1.29 is 19.7 Å². The van der Waals surface area contributed by atoms with Gasteiger partial charge in [-0.1, -0.05) is 29.8 Å². The number of aromatic hydroxyl groups is 2. The molecular formula is C26H24N2O4. The van der Waals surface area contributed by atoms with Crippen molar-refractivity contribution >= 4 is 0 Å². The van der Waals surface area contributed by atoms with Crippen LogP contribution in [0.5, 0.6) is 23.0 Å². The number of nitrogens with zero attached hydrogens (tertiary/aromatic N) is 2. The molecule has 5 rings (SSSR count). The molecule has 1 aliphatic rings. The van der Waals surface area contributed by atoms with Gasteiger partial charge in [-0.25, -0.2) is 4.68 Å². The van der Waals surface area contributed by atoms with Crippen LogP contribution >= 0.6 is 0 Å². The van der Waals surface area contributed by atoms with Crippen LogP contribution in [-0.4, -0.2) is 33.2 Å². The van der Waals surface area contributed by atoms with E-state index in [0.717, 1.165) is 23.4 Å². The Kier molecular flexibility index (Phi) is 5.19. The van der Waals surface area contributed by atoms with Gasteiger partial charge in [-0.2, -0.15) is 5.10 Å². The smallest absolute Gasteiger partial charge is 0.163 e. The van der Waals surface area contributed by atoms with E-state index in [-0.39, 0.29) is 11.5 Å². The number of hydrogen-bond donors (Lipinski definition) is 2. The Balaban J connectivity index is 1.47. The Morgan fingerprint density at radius 3 is 2.44 bits per heavy atom. The van der Waals surface area contributed by atoms with Gasteiger partial charge in [0.25, 0.3) is 0 Å². The summed E-state index contributed by atoms with van der Waals surface area (Å²) >= 11 is 0. The fourth-order valence-electron chi connectivity index (χ4n) is 3.94. The van der Waals surface area contributed by atoms with Crippen molar-refractivity contribution in [2.24, 2.45) is 0 Å². The van der Waals surface area contributed by atoms with E-state index in [9.17, 15) is 10.2 Å². The molecule has 162 valence electrons. The van der Waals surface area contributed by atoms with Gasteiger partial charge in [0.15, 0.2) is 11.5 Å². The van der Waals surface area contributed by atoms with Crippen molar-refractivity contribution in [3.8, 4) is 39.9 Å². The molecule has 0 aliphatic carbocycles. The first kappa shape index (κ1) is 20.0. The maximum absolute atomic E-state index is 10.6. The third-order valence-electron chi connectivity index (χ3n) is 5.69. The zero-order valence-electron chi connectivity index (χ0n) is 17.8. The van der Waals surface area contributed by atoms with Crippen LogP contribution in [0.25, 0.3) is 16.9 Å². The largest absolute Gasteiger partial charge is 0.508 e. The summed E-state index contributed by atoms with van der Waals surface area (Å²) in [6.07, 6.45) is 3.13. The second-order valence-corrected chi connectivity index (χ2v) is 7.94. The minimum absolute atomic E-state index is 0.000814. The normalized spacial score (nSPS) is 12.7. The fourth-order valence-corrected chi connectivity index (χ4v) is 3.94. The molecule has 0 saturated carbocycles. The summed E-state index contributed by atoms with van der Waals surface area (Å²) in [4.78, 5) is 0. The zero-order valence-corrected chi connectivity index (χ0v) is 17.8. The lowest BCUT2D eigenvalue weighted by Crippen LogP contribution is -2.15. The predicted octanol–water partition coefficient (Wildman–Crippen LogP) is 4.82. The van der Waals surface area contributed by atoms with Crippen LogP contribution in [0, 0.1) is 6.92 Å². The highest BCUT2D eigenvalue weighted by Gasteiger charge is 2.18. The Morgan fingerprint density at radius 2 is 1.62 bits per heavy atom. The Labute approximate surface area is 186 Å². The topological polar surface area (TPSA) is 76.7 Å². The summed E-state index contributed by atoms with van der Waals surface area (Å²) in [7, 11) is 0. The van der Waals surface area contributed by atoms with Gasteiger partial charge in [0.05, 0.1) is 17.6 Å². The lowest BCUT2D eigenvalue weighted by atomic mass is 9.99. The first-order chi connectivity index (χ1) is 15.6. The minimum Gasteiger partial charge on any atom is -0.508 e. The van der Waals surface area contributed by atoms with E-state index in [4.69, 9.17) is 9.47 Å². The summed E-state index contributed by atoms with van der Waals surface area (Å²) in [5, 5.41) is 25.5. The number of phenolic OH excluding ortho intramolecular Hbond substituents is 2. The predicted molar refractivity (Wildman–Crippen MR) is 122 cm³/mol. The van der Waals surface area contributed by atoms with Crippen LogP contribution in [0.15, 0.2) is 66.9 Å². The van der Waals surface area contributed by atoms with Gasteiger partial charge in [-0.3, -0.25) is 0 Å². The second-order valence-electron chi connectivity index (χ2n) is 7.94. The Bertz CT molecular complexity index is 1260. The van der Waals surface area contributed by atoms with Gasteiger partial charge in [0, 0.05) is 17.7 Å². The van der Waals surface area contributed by atoms with Gasteiger partial charge < -0.3 is 19.7 Å². The van der Waals surface area contributed by atoms with Crippen molar-refractivity contribution in [3.05, 3.63) is 83.6 Å². The monoisotopic (exact) mass is 428 g/mol. The van der Waals surface area contributed by atoms with Gasteiger partial charge in [0.1, 0.15) is 24.7 Å².